The Labute approximate surface area is 111 Å². The summed E-state index contributed by atoms with van der Waals surface area (Å²) in [7, 11) is 0. The second-order valence-electron chi connectivity index (χ2n) is 4.00. The molecule has 93 valence electrons. The molecule has 4 heteroatoms. The van der Waals surface area contributed by atoms with E-state index in [4.69, 9.17) is 0 Å². The summed E-state index contributed by atoms with van der Waals surface area (Å²) in [6, 6.07) is 8.71. The number of hydrogen-bond donors (Lipinski definition) is 0. The summed E-state index contributed by atoms with van der Waals surface area (Å²) in [5.41, 5.74) is 4.56. The topological polar surface area (TPSA) is 0 Å². The van der Waals surface area contributed by atoms with Crippen LogP contribution in [-0.2, 0) is 30.0 Å². The third-order valence-electron chi connectivity index (χ3n) is 2.68. The molecule has 1 aliphatic carbocycles. The van der Waals surface area contributed by atoms with Gasteiger partial charge in [-0.3, -0.25) is 0 Å². The van der Waals surface area contributed by atoms with Crippen LogP contribution in [0.25, 0.3) is 6.08 Å². The molecule has 0 atom stereocenters. The summed E-state index contributed by atoms with van der Waals surface area (Å²) in [4.78, 5) is 0. The molecule has 0 amide bonds. The third-order valence-corrected chi connectivity index (χ3v) is 2.68. The fourth-order valence-corrected chi connectivity index (χ4v) is 1.92. The molecule has 2 rings (SSSR count). The first-order valence-corrected chi connectivity index (χ1v) is 8.53. The van der Waals surface area contributed by atoms with E-state index >= 15 is 0 Å². The van der Waals surface area contributed by atoms with Crippen LogP contribution in [0.5, 0.6) is 0 Å². The molecule has 0 aliphatic heterocycles. The van der Waals surface area contributed by atoms with Crippen LogP contribution in [0.2, 0.25) is 0 Å². The van der Waals surface area contributed by atoms with Gasteiger partial charge in [0.2, 0.25) is 0 Å². The molecule has 0 aromatic heterocycles. The van der Waals surface area contributed by atoms with Crippen LogP contribution in [0.15, 0.2) is 29.8 Å². The first kappa shape index (κ1) is 14.7. The zero-order valence-electron chi connectivity index (χ0n) is 9.85. The SMILES string of the molecule is CCCCC1=Cc2ccccc2C1.[F][Zr]([F])[F]. The van der Waals surface area contributed by atoms with Crippen LogP contribution >= 0.6 is 0 Å². The van der Waals surface area contributed by atoms with Crippen molar-refractivity contribution >= 4 is 6.08 Å². The van der Waals surface area contributed by atoms with Crippen LogP contribution in [0.4, 0.5) is 7.88 Å². The minimum absolute atomic E-state index is 1.19. The monoisotopic (exact) mass is 319 g/mol. The number of fused-ring (bicyclic) bond motifs is 1. The van der Waals surface area contributed by atoms with Crippen molar-refractivity contribution in [2.75, 3.05) is 0 Å². The fourth-order valence-electron chi connectivity index (χ4n) is 1.92. The normalized spacial score (nSPS) is 12.4. The van der Waals surface area contributed by atoms with Crippen molar-refractivity contribution in [2.24, 2.45) is 0 Å². The van der Waals surface area contributed by atoms with Gasteiger partial charge >= 0.3 is 31.5 Å². The van der Waals surface area contributed by atoms with Crippen molar-refractivity contribution in [3.63, 3.8) is 0 Å². The molecule has 0 fully saturated rings. The van der Waals surface area contributed by atoms with Gasteiger partial charge in [-0.25, -0.2) is 0 Å². The van der Waals surface area contributed by atoms with Crippen LogP contribution in [-0.4, -0.2) is 0 Å². The van der Waals surface area contributed by atoms with E-state index in [0.29, 0.717) is 0 Å². The fraction of sp³-hybridized carbons (Fsp3) is 0.385. The average molecular weight is 320 g/mol. The molecule has 0 nitrogen and oxygen atoms in total. The standard InChI is InChI=1S/C13H16.3FH.Zr/c1-2-3-6-11-9-12-7-4-5-8-13(12)10-11;;;;/h4-5,7-9H,2-3,6,10H2,1H3;3*1H;/q;;;;+3/p-3. The average Bonchev–Trinajstić information content (AvgIpc) is 2.68. The van der Waals surface area contributed by atoms with Crippen LogP contribution < -0.4 is 0 Å². The van der Waals surface area contributed by atoms with Crippen molar-refractivity contribution < 1.29 is 31.5 Å². The predicted octanol–water partition coefficient (Wildman–Crippen LogP) is 5.07. The Hall–Kier alpha value is -0.367. The second-order valence-corrected chi connectivity index (χ2v) is 5.05. The maximum atomic E-state index is 9.86. The molecule has 1 aromatic carbocycles. The molecule has 0 unspecified atom stereocenters. The van der Waals surface area contributed by atoms with Crippen LogP contribution in [0.3, 0.4) is 0 Å². The molecule has 0 heterocycles. The molecular formula is C13H16F3Zr. The number of rotatable bonds is 3. The summed E-state index contributed by atoms with van der Waals surface area (Å²) in [5.74, 6) is 0. The Morgan fingerprint density at radius 3 is 2.41 bits per heavy atom. The zero-order chi connectivity index (χ0) is 12.7. The van der Waals surface area contributed by atoms with E-state index in [1.165, 1.54) is 36.8 Å². The van der Waals surface area contributed by atoms with Crippen molar-refractivity contribution in [1.82, 2.24) is 0 Å². The van der Waals surface area contributed by atoms with Gasteiger partial charge in [-0.15, -0.1) is 0 Å². The van der Waals surface area contributed by atoms with Gasteiger partial charge in [0.15, 0.2) is 0 Å². The minimum atomic E-state index is -5.04. The summed E-state index contributed by atoms with van der Waals surface area (Å²) in [6.07, 6.45) is 7.47. The van der Waals surface area contributed by atoms with Gasteiger partial charge in [-0.05, 0) is 30.4 Å². The third kappa shape index (κ3) is 5.67. The Bertz CT molecular complexity index is 372. The van der Waals surface area contributed by atoms with E-state index in [2.05, 4.69) is 37.3 Å². The molecule has 0 spiro atoms. The summed E-state index contributed by atoms with van der Waals surface area (Å²) >= 11 is -5.04. The number of halogens is 3. The quantitative estimate of drug-likeness (QED) is 0.729. The van der Waals surface area contributed by atoms with Gasteiger partial charge < -0.3 is 0 Å². The van der Waals surface area contributed by atoms with Gasteiger partial charge in [-0.2, -0.15) is 0 Å². The Balaban J connectivity index is 0.000000317. The van der Waals surface area contributed by atoms with Gasteiger partial charge in [-0.1, -0.05) is 49.3 Å². The van der Waals surface area contributed by atoms with Gasteiger partial charge in [0.05, 0.1) is 0 Å². The first-order chi connectivity index (χ1) is 8.13. The number of hydrogen-bond acceptors (Lipinski definition) is 0. The van der Waals surface area contributed by atoms with E-state index in [1.807, 2.05) is 0 Å². The summed E-state index contributed by atoms with van der Waals surface area (Å²) < 4.78 is 29.6. The Morgan fingerprint density at radius 2 is 1.82 bits per heavy atom. The summed E-state index contributed by atoms with van der Waals surface area (Å²) in [5, 5.41) is 0. The van der Waals surface area contributed by atoms with E-state index in [0.717, 1.165) is 0 Å². The number of benzene rings is 1. The molecule has 1 aromatic rings. The predicted molar refractivity (Wildman–Crippen MR) is 61.0 cm³/mol. The van der Waals surface area contributed by atoms with E-state index in [1.54, 1.807) is 5.57 Å². The van der Waals surface area contributed by atoms with E-state index in [-0.39, 0.29) is 0 Å². The van der Waals surface area contributed by atoms with E-state index < -0.39 is 23.6 Å². The Kier molecular flexibility index (Phi) is 6.80. The zero-order valence-corrected chi connectivity index (χ0v) is 12.3. The molecular weight excluding hydrogens is 304 g/mol. The molecule has 0 saturated carbocycles. The van der Waals surface area contributed by atoms with Crippen molar-refractivity contribution in [3.05, 3.63) is 41.0 Å². The number of allylic oxidation sites excluding steroid dienone is 1. The van der Waals surface area contributed by atoms with Gasteiger partial charge in [0.25, 0.3) is 0 Å². The van der Waals surface area contributed by atoms with E-state index in [9.17, 15) is 7.88 Å². The second kappa shape index (κ2) is 7.86. The molecule has 17 heavy (non-hydrogen) atoms. The number of unbranched alkanes of at least 4 members (excludes halogenated alkanes) is 1. The molecule has 0 saturated heterocycles. The van der Waals surface area contributed by atoms with Crippen molar-refractivity contribution in [1.29, 1.82) is 0 Å². The van der Waals surface area contributed by atoms with Gasteiger partial charge in [0, 0.05) is 0 Å². The molecule has 0 bridgehead atoms. The van der Waals surface area contributed by atoms with Crippen LogP contribution in [0.1, 0.15) is 37.3 Å². The molecule has 0 N–H and O–H groups in total. The summed E-state index contributed by atoms with van der Waals surface area (Å²) in [6.45, 7) is 2.25. The first-order valence-electron chi connectivity index (χ1n) is 5.74. The van der Waals surface area contributed by atoms with Gasteiger partial charge in [0.1, 0.15) is 0 Å². The Morgan fingerprint density at radius 1 is 1.18 bits per heavy atom. The van der Waals surface area contributed by atoms with Crippen LogP contribution in [0, 0.1) is 0 Å². The molecule has 1 aliphatic rings. The van der Waals surface area contributed by atoms with Crippen molar-refractivity contribution in [2.45, 2.75) is 32.6 Å². The van der Waals surface area contributed by atoms with Crippen molar-refractivity contribution in [3.8, 4) is 0 Å². The molecule has 0 radical (unpaired) electrons. The maximum absolute atomic E-state index is 9.86.